The number of benzene rings is 1. The lowest BCUT2D eigenvalue weighted by atomic mass is 10.1. The van der Waals surface area contributed by atoms with Gasteiger partial charge in [-0.05, 0) is 30.2 Å². The molecule has 1 aromatic carbocycles. The molecule has 1 atom stereocenters. The Morgan fingerprint density at radius 2 is 2.03 bits per heavy atom. The molecule has 1 unspecified atom stereocenters. The maximum Gasteiger partial charge on any atom is 0.261 e. The molecule has 2 aromatic heterocycles. The molecule has 0 saturated carbocycles. The molecule has 1 amide bonds. The molecule has 4 rings (SSSR count). The van der Waals surface area contributed by atoms with Crippen molar-refractivity contribution in [3.8, 4) is 11.1 Å². The van der Waals surface area contributed by atoms with E-state index in [-0.39, 0.29) is 36.0 Å². The first-order chi connectivity index (χ1) is 14.4. The summed E-state index contributed by atoms with van der Waals surface area (Å²) in [7, 11) is 0. The largest absolute Gasteiger partial charge is 0.344 e. The molecule has 158 valence electrons. The van der Waals surface area contributed by atoms with Crippen LogP contribution in [0, 0.1) is 5.82 Å². The van der Waals surface area contributed by atoms with Crippen LogP contribution >= 0.6 is 11.6 Å². The van der Waals surface area contributed by atoms with E-state index in [1.54, 1.807) is 16.8 Å². The zero-order valence-electron chi connectivity index (χ0n) is 16.0. The van der Waals surface area contributed by atoms with E-state index in [1.165, 1.54) is 33.9 Å². The number of nitrogens with zero attached hydrogens (tertiary/aromatic N) is 3. The normalized spacial score (nSPS) is 16.5. The van der Waals surface area contributed by atoms with Gasteiger partial charge in [0.15, 0.2) is 0 Å². The first-order valence-corrected chi connectivity index (χ1v) is 9.92. The van der Waals surface area contributed by atoms with Crippen molar-refractivity contribution in [3.05, 3.63) is 57.9 Å². The maximum atomic E-state index is 13.6. The van der Waals surface area contributed by atoms with Crippen molar-refractivity contribution in [3.63, 3.8) is 0 Å². The fraction of sp³-hybridized carbons (Fsp3) is 0.333. The minimum atomic E-state index is -1.04. The number of likely N-dealkylation sites (tertiary alicyclic amines) is 1. The molecule has 0 bridgehead atoms. The Balaban J connectivity index is 1.79. The summed E-state index contributed by atoms with van der Waals surface area (Å²) < 4.78 is 42.9. The molecule has 5 nitrogen and oxygen atoms in total. The molecule has 0 radical (unpaired) electrons. The number of carbonyl (C=O) groups excluding carboxylic acids is 1. The zero-order valence-corrected chi connectivity index (χ0v) is 16.7. The lowest BCUT2D eigenvalue weighted by Crippen LogP contribution is -2.35. The fourth-order valence-corrected chi connectivity index (χ4v) is 4.00. The molecule has 3 heterocycles. The summed E-state index contributed by atoms with van der Waals surface area (Å²) in [5.41, 5.74) is 1.04. The van der Waals surface area contributed by atoms with Crippen molar-refractivity contribution in [1.29, 1.82) is 0 Å². The average Bonchev–Trinajstić information content (AvgIpc) is 3.31. The second-order valence-corrected chi connectivity index (χ2v) is 7.70. The number of aromatic nitrogens is 2. The number of hydrogen-bond acceptors (Lipinski definition) is 2. The fourth-order valence-electron chi connectivity index (χ4n) is 3.82. The predicted molar refractivity (Wildman–Crippen MR) is 109 cm³/mol. The van der Waals surface area contributed by atoms with E-state index in [0.29, 0.717) is 29.6 Å². The van der Waals surface area contributed by atoms with Crippen LogP contribution in [0.25, 0.3) is 22.0 Å². The number of hydrogen-bond donors (Lipinski definition) is 0. The van der Waals surface area contributed by atoms with E-state index in [9.17, 15) is 22.8 Å². The highest BCUT2D eigenvalue weighted by Crippen LogP contribution is 2.31. The Labute approximate surface area is 175 Å². The van der Waals surface area contributed by atoms with Gasteiger partial charge in [0.05, 0.1) is 29.0 Å². The van der Waals surface area contributed by atoms with Gasteiger partial charge >= 0.3 is 0 Å². The van der Waals surface area contributed by atoms with E-state index in [1.807, 2.05) is 0 Å². The third kappa shape index (κ3) is 3.71. The molecule has 30 heavy (non-hydrogen) atoms. The number of amides is 1. The number of alkyl halides is 2. The number of carbonyl (C=O) groups is 1. The van der Waals surface area contributed by atoms with Crippen molar-refractivity contribution in [2.75, 3.05) is 19.8 Å². The van der Waals surface area contributed by atoms with Gasteiger partial charge in [-0.2, -0.15) is 0 Å². The summed E-state index contributed by atoms with van der Waals surface area (Å²) >= 11 is 5.90. The Bertz CT molecular complexity index is 1170. The Morgan fingerprint density at radius 3 is 2.70 bits per heavy atom. The summed E-state index contributed by atoms with van der Waals surface area (Å²) in [6, 6.07) is 5.72. The highest BCUT2D eigenvalue weighted by molar-refractivity contribution is 6.31. The van der Waals surface area contributed by atoms with Gasteiger partial charge in [-0.15, -0.1) is 0 Å². The topological polar surface area (TPSA) is 47.2 Å². The summed E-state index contributed by atoms with van der Waals surface area (Å²) in [5, 5.41) is 0.186. The van der Waals surface area contributed by atoms with Crippen LogP contribution in [-0.4, -0.2) is 45.9 Å². The number of aryl methyl sites for hydroxylation is 1. The van der Waals surface area contributed by atoms with Gasteiger partial charge in [0.1, 0.15) is 25.2 Å². The second kappa shape index (κ2) is 8.18. The van der Waals surface area contributed by atoms with Gasteiger partial charge < -0.3 is 14.0 Å². The van der Waals surface area contributed by atoms with Crippen LogP contribution in [0.3, 0.4) is 0 Å². The number of halogens is 4. The smallest absolute Gasteiger partial charge is 0.261 e. The second-order valence-electron chi connectivity index (χ2n) is 7.29. The first kappa shape index (κ1) is 20.5. The van der Waals surface area contributed by atoms with E-state index in [2.05, 4.69) is 0 Å². The van der Waals surface area contributed by atoms with E-state index in [0.717, 1.165) is 0 Å². The van der Waals surface area contributed by atoms with Gasteiger partial charge in [-0.3, -0.25) is 9.59 Å². The number of pyridine rings is 1. The van der Waals surface area contributed by atoms with Crippen LogP contribution in [0.4, 0.5) is 13.2 Å². The Hall–Kier alpha value is -2.74. The van der Waals surface area contributed by atoms with Gasteiger partial charge in [-0.1, -0.05) is 17.7 Å². The average molecular weight is 438 g/mol. The standard InChI is InChI=1S/C21H19ClF3N3O2/c22-16-9-13(1-2-17(16)25)15-11-26(8-5-23)18-4-7-28(21(30)20(15)18)12-19(29)27-6-3-14(24)10-27/h1-2,4,7,9,11,14H,3,5-6,8,10,12H2. The maximum absolute atomic E-state index is 13.6. The van der Waals surface area contributed by atoms with Gasteiger partial charge in [-0.25, -0.2) is 13.2 Å². The summed E-state index contributed by atoms with van der Waals surface area (Å²) in [5.74, 6) is -0.932. The number of fused-ring (bicyclic) bond motifs is 1. The first-order valence-electron chi connectivity index (χ1n) is 9.54. The van der Waals surface area contributed by atoms with Crippen molar-refractivity contribution < 1.29 is 18.0 Å². The zero-order chi connectivity index (χ0) is 21.4. The lowest BCUT2D eigenvalue weighted by molar-refractivity contribution is -0.131. The molecule has 0 spiro atoms. The van der Waals surface area contributed by atoms with E-state index in [4.69, 9.17) is 11.6 Å². The van der Waals surface area contributed by atoms with Crippen LogP contribution in [0.2, 0.25) is 5.02 Å². The molecular formula is C21H19ClF3N3O2. The SMILES string of the molecule is O=C(Cn1ccc2c(c(-c3ccc(F)c(Cl)c3)cn2CCF)c1=O)N1CCC(F)C1. The molecule has 1 aliphatic heterocycles. The molecule has 0 aliphatic carbocycles. The Kier molecular flexibility index (Phi) is 5.60. The van der Waals surface area contributed by atoms with Crippen LogP contribution < -0.4 is 5.56 Å². The lowest BCUT2D eigenvalue weighted by Gasteiger charge is -2.16. The molecular weight excluding hydrogens is 419 g/mol. The van der Waals surface area contributed by atoms with Crippen LogP contribution in [0.15, 0.2) is 41.5 Å². The third-order valence-electron chi connectivity index (χ3n) is 5.35. The number of rotatable bonds is 5. The third-order valence-corrected chi connectivity index (χ3v) is 5.64. The summed E-state index contributed by atoms with van der Waals surface area (Å²) in [6.07, 6.45) is 2.34. The molecule has 0 N–H and O–H groups in total. The van der Waals surface area contributed by atoms with Crippen molar-refractivity contribution in [1.82, 2.24) is 14.0 Å². The van der Waals surface area contributed by atoms with Crippen LogP contribution in [-0.2, 0) is 17.9 Å². The quantitative estimate of drug-likeness (QED) is 0.609. The minimum Gasteiger partial charge on any atom is -0.344 e. The molecule has 9 heteroatoms. The van der Waals surface area contributed by atoms with Gasteiger partial charge in [0.2, 0.25) is 5.91 Å². The molecule has 1 aliphatic rings. The van der Waals surface area contributed by atoms with Crippen molar-refractivity contribution >= 4 is 28.4 Å². The Morgan fingerprint density at radius 1 is 1.23 bits per heavy atom. The summed E-state index contributed by atoms with van der Waals surface area (Å²) in [6.45, 7) is -0.460. The van der Waals surface area contributed by atoms with E-state index >= 15 is 0 Å². The van der Waals surface area contributed by atoms with Crippen LogP contribution in [0.1, 0.15) is 6.42 Å². The highest BCUT2D eigenvalue weighted by Gasteiger charge is 2.26. The van der Waals surface area contributed by atoms with E-state index < -0.39 is 24.2 Å². The minimum absolute atomic E-state index is 0.0298. The molecule has 1 fully saturated rings. The molecule has 3 aromatic rings. The summed E-state index contributed by atoms with van der Waals surface area (Å²) in [4.78, 5) is 27.1. The molecule has 1 saturated heterocycles. The van der Waals surface area contributed by atoms with Crippen molar-refractivity contribution in [2.24, 2.45) is 0 Å². The van der Waals surface area contributed by atoms with Gasteiger partial charge in [0, 0.05) is 24.5 Å². The van der Waals surface area contributed by atoms with Gasteiger partial charge in [0.25, 0.3) is 5.56 Å². The highest BCUT2D eigenvalue weighted by atomic mass is 35.5. The van der Waals surface area contributed by atoms with Crippen LogP contribution in [0.5, 0.6) is 0 Å². The predicted octanol–water partition coefficient (Wildman–Crippen LogP) is 3.80. The van der Waals surface area contributed by atoms with Crippen molar-refractivity contribution in [2.45, 2.75) is 25.7 Å². The monoisotopic (exact) mass is 437 g/mol.